The van der Waals surface area contributed by atoms with Gasteiger partial charge in [-0.1, -0.05) is 22.0 Å². The van der Waals surface area contributed by atoms with E-state index in [0.717, 1.165) is 0 Å². The minimum Gasteiger partial charge on any atom is -0.287 e. The van der Waals surface area contributed by atoms with Crippen molar-refractivity contribution >= 4 is 42.3 Å². The summed E-state index contributed by atoms with van der Waals surface area (Å²) in [6.07, 6.45) is 0.133. The number of rotatable bonds is 2. The summed E-state index contributed by atoms with van der Waals surface area (Å²) in [4.78, 5) is 10.7. The number of hydrogen-bond donors (Lipinski definition) is 0. The van der Waals surface area contributed by atoms with Gasteiger partial charge in [-0.25, -0.2) is 4.39 Å². The van der Waals surface area contributed by atoms with Gasteiger partial charge in [0.15, 0.2) is 3.79 Å². The van der Waals surface area contributed by atoms with Crippen molar-refractivity contribution in [2.45, 2.75) is 6.42 Å². The van der Waals surface area contributed by atoms with Crippen LogP contribution in [0.2, 0.25) is 0 Å². The van der Waals surface area contributed by atoms with Gasteiger partial charge in [-0.3, -0.25) is 4.79 Å². The fraction of sp³-hybridized carbons (Fsp3) is 0.125. The van der Waals surface area contributed by atoms with E-state index >= 15 is 0 Å². The van der Waals surface area contributed by atoms with Crippen molar-refractivity contribution < 1.29 is 9.18 Å². The summed E-state index contributed by atoms with van der Waals surface area (Å²) in [7, 11) is 0. The summed E-state index contributed by atoms with van der Waals surface area (Å²) in [5.74, 6) is -0.339. The highest BCUT2D eigenvalue weighted by atomic mass is 127. The van der Waals surface area contributed by atoms with E-state index in [0.29, 0.717) is 10.0 Å². The van der Waals surface area contributed by atoms with E-state index < -0.39 is 0 Å². The second-order valence-corrected chi connectivity index (χ2v) is 4.29. The molecule has 0 unspecified atom stereocenters. The lowest BCUT2D eigenvalue weighted by Crippen LogP contribution is -1.97. The van der Waals surface area contributed by atoms with Crippen LogP contribution in [-0.2, 0) is 11.2 Å². The number of benzene rings is 1. The smallest absolute Gasteiger partial charge is 0.196 e. The van der Waals surface area contributed by atoms with E-state index in [-0.39, 0.29) is 16.0 Å². The highest BCUT2D eigenvalue weighted by molar-refractivity contribution is 14.1. The molecule has 0 aromatic heterocycles. The monoisotopic (exact) mass is 342 g/mol. The summed E-state index contributed by atoms with van der Waals surface area (Å²) in [6, 6.07) is 4.66. The fourth-order valence-corrected chi connectivity index (χ4v) is 1.70. The first-order valence-corrected chi connectivity index (χ1v) is 5.09. The molecule has 4 heteroatoms. The maximum absolute atomic E-state index is 13.0. The van der Waals surface area contributed by atoms with Crippen LogP contribution in [0.25, 0.3) is 0 Å². The molecule has 0 aliphatic rings. The van der Waals surface area contributed by atoms with Gasteiger partial charge in [0, 0.05) is 16.5 Å². The molecule has 1 rings (SSSR count). The Kier molecular flexibility index (Phi) is 3.64. The normalized spacial score (nSPS) is 9.92. The van der Waals surface area contributed by atoms with Crippen LogP contribution >= 0.6 is 38.5 Å². The van der Waals surface area contributed by atoms with E-state index in [9.17, 15) is 9.18 Å². The highest BCUT2D eigenvalue weighted by Gasteiger charge is 2.08. The largest absolute Gasteiger partial charge is 0.287 e. The van der Waals surface area contributed by atoms with Gasteiger partial charge in [0.1, 0.15) is 5.82 Å². The zero-order chi connectivity index (χ0) is 9.14. The summed E-state index contributed by atoms with van der Waals surface area (Å²) >= 11 is 4.83. The van der Waals surface area contributed by atoms with E-state index in [1.54, 1.807) is 34.7 Å². The molecule has 0 amide bonds. The first kappa shape index (κ1) is 10.1. The van der Waals surface area contributed by atoms with Crippen molar-refractivity contribution in [3.63, 3.8) is 0 Å². The Balaban J connectivity index is 3.04. The maximum atomic E-state index is 13.0. The Morgan fingerprint density at radius 3 is 2.75 bits per heavy atom. The predicted molar refractivity (Wildman–Crippen MR) is 56.8 cm³/mol. The molecule has 1 nitrogen and oxygen atoms in total. The van der Waals surface area contributed by atoms with Crippen molar-refractivity contribution in [1.82, 2.24) is 0 Å². The number of halogens is 3. The summed E-state index contributed by atoms with van der Waals surface area (Å²) < 4.78 is 13.6. The molecule has 0 saturated heterocycles. The fourth-order valence-electron chi connectivity index (χ4n) is 0.840. The average molecular weight is 343 g/mol. The number of carbonyl (C=O) groups is 1. The van der Waals surface area contributed by atoms with Crippen LogP contribution in [0.5, 0.6) is 0 Å². The van der Waals surface area contributed by atoms with Crippen molar-refractivity contribution in [2.75, 3.05) is 0 Å². The highest BCUT2D eigenvalue weighted by Crippen LogP contribution is 2.20. The van der Waals surface area contributed by atoms with Crippen LogP contribution in [-0.4, -0.2) is 3.79 Å². The predicted octanol–water partition coefficient (Wildman–Crippen LogP) is 3.09. The SMILES string of the molecule is O=C(I)Cc1c(F)cccc1Br. The molecular weight excluding hydrogens is 338 g/mol. The standard InChI is InChI=1S/C8H5BrFIO/c9-6-2-1-3-7(10)5(6)4-8(11)12/h1-3H,4H2. The van der Waals surface area contributed by atoms with Crippen LogP contribution in [0.4, 0.5) is 4.39 Å². The van der Waals surface area contributed by atoms with Crippen molar-refractivity contribution in [1.29, 1.82) is 0 Å². The number of carbonyl (C=O) groups excluding carboxylic acids is 1. The van der Waals surface area contributed by atoms with Gasteiger partial charge in [-0.05, 0) is 34.7 Å². The van der Waals surface area contributed by atoms with Crippen molar-refractivity contribution in [3.05, 3.63) is 34.1 Å². The molecule has 0 radical (unpaired) electrons. The lowest BCUT2D eigenvalue weighted by atomic mass is 10.1. The van der Waals surface area contributed by atoms with E-state index in [2.05, 4.69) is 15.9 Å². The van der Waals surface area contributed by atoms with Crippen LogP contribution in [0.3, 0.4) is 0 Å². The van der Waals surface area contributed by atoms with Crippen molar-refractivity contribution in [3.8, 4) is 0 Å². The molecule has 0 saturated carbocycles. The Labute approximate surface area is 91.6 Å². The van der Waals surface area contributed by atoms with Crippen LogP contribution in [0.15, 0.2) is 22.7 Å². The quantitative estimate of drug-likeness (QED) is 0.596. The molecular formula is C8H5BrFIO. The molecule has 1 aromatic carbocycles. The Morgan fingerprint density at radius 2 is 2.25 bits per heavy atom. The van der Waals surface area contributed by atoms with Gasteiger partial charge >= 0.3 is 0 Å². The second kappa shape index (κ2) is 4.32. The first-order valence-electron chi connectivity index (χ1n) is 3.22. The maximum Gasteiger partial charge on any atom is 0.196 e. The molecule has 0 aliphatic heterocycles. The van der Waals surface area contributed by atoms with Gasteiger partial charge in [0.25, 0.3) is 0 Å². The molecule has 0 bridgehead atoms. The molecule has 12 heavy (non-hydrogen) atoms. The van der Waals surface area contributed by atoms with E-state index in [1.165, 1.54) is 6.07 Å². The molecule has 1 aromatic rings. The molecule has 0 spiro atoms. The molecule has 0 atom stereocenters. The summed E-state index contributed by atoms with van der Waals surface area (Å²) in [6.45, 7) is 0. The van der Waals surface area contributed by atoms with E-state index in [4.69, 9.17) is 0 Å². The molecule has 0 aliphatic carbocycles. The first-order chi connectivity index (χ1) is 5.61. The molecule has 0 N–H and O–H groups in total. The topological polar surface area (TPSA) is 17.1 Å². The minimum absolute atomic E-state index is 0.0709. The Hall–Kier alpha value is 0.0300. The number of hydrogen-bond acceptors (Lipinski definition) is 1. The van der Waals surface area contributed by atoms with Crippen molar-refractivity contribution in [2.24, 2.45) is 0 Å². The van der Waals surface area contributed by atoms with Gasteiger partial charge in [-0.15, -0.1) is 0 Å². The van der Waals surface area contributed by atoms with Gasteiger partial charge in [0.2, 0.25) is 0 Å². The van der Waals surface area contributed by atoms with Crippen LogP contribution in [0.1, 0.15) is 5.56 Å². The average Bonchev–Trinajstić information content (AvgIpc) is 1.97. The molecule has 0 heterocycles. The van der Waals surface area contributed by atoms with Crippen LogP contribution in [0, 0.1) is 5.82 Å². The van der Waals surface area contributed by atoms with E-state index in [1.807, 2.05) is 0 Å². The molecule has 0 fully saturated rings. The van der Waals surface area contributed by atoms with Crippen LogP contribution < -0.4 is 0 Å². The Morgan fingerprint density at radius 1 is 1.58 bits per heavy atom. The third kappa shape index (κ3) is 2.52. The van der Waals surface area contributed by atoms with Gasteiger partial charge in [-0.2, -0.15) is 0 Å². The lowest BCUT2D eigenvalue weighted by molar-refractivity contribution is -0.108. The lowest BCUT2D eigenvalue weighted by Gasteiger charge is -2.01. The zero-order valence-electron chi connectivity index (χ0n) is 5.98. The summed E-state index contributed by atoms with van der Waals surface area (Å²) in [5, 5.41) is 0. The molecule has 64 valence electrons. The Bertz CT molecular complexity index is 294. The summed E-state index contributed by atoms with van der Waals surface area (Å²) in [5.41, 5.74) is 0.428. The third-order valence-corrected chi connectivity index (χ3v) is 2.50. The third-order valence-electron chi connectivity index (χ3n) is 1.38. The van der Waals surface area contributed by atoms with Gasteiger partial charge in [0.05, 0.1) is 0 Å². The zero-order valence-corrected chi connectivity index (χ0v) is 9.72. The second-order valence-electron chi connectivity index (χ2n) is 2.23. The minimum atomic E-state index is -0.339. The van der Waals surface area contributed by atoms with Gasteiger partial charge < -0.3 is 0 Å².